The van der Waals surface area contributed by atoms with Crippen LogP contribution in [0.5, 0.6) is 0 Å². The molecule has 2 aromatic rings. The zero-order valence-corrected chi connectivity index (χ0v) is 17.5. The fourth-order valence-electron chi connectivity index (χ4n) is 3.63. The minimum Gasteiger partial charge on any atom is -0.381 e. The van der Waals surface area contributed by atoms with Crippen molar-refractivity contribution < 1.29 is 0 Å². The number of nitrogens with one attached hydrogen (secondary N) is 3. The third kappa shape index (κ3) is 4.25. The van der Waals surface area contributed by atoms with Gasteiger partial charge in [-0.25, -0.2) is 9.78 Å². The highest BCUT2D eigenvalue weighted by Crippen LogP contribution is 2.24. The van der Waals surface area contributed by atoms with Crippen molar-refractivity contribution >= 4 is 16.7 Å². The molecule has 9 heteroatoms. The predicted octanol–water partition coefficient (Wildman–Crippen LogP) is 2.17. The van der Waals surface area contributed by atoms with Crippen LogP contribution >= 0.6 is 0 Å². The van der Waals surface area contributed by atoms with Gasteiger partial charge in [0.25, 0.3) is 11.1 Å². The summed E-state index contributed by atoms with van der Waals surface area (Å²) in [5.74, 6) is 0.304. The number of aromatic amines is 2. The Balaban J connectivity index is 1.55. The maximum absolute atomic E-state index is 12.3. The first-order valence-electron chi connectivity index (χ1n) is 10.3. The third-order valence-corrected chi connectivity index (χ3v) is 5.42. The normalized spacial score (nSPS) is 11.3. The number of aryl methyl sites for hydroxylation is 3. The van der Waals surface area contributed by atoms with Crippen LogP contribution in [0, 0.1) is 13.8 Å². The molecule has 3 heterocycles. The van der Waals surface area contributed by atoms with Crippen molar-refractivity contribution in [3.05, 3.63) is 72.8 Å². The van der Waals surface area contributed by atoms with E-state index >= 15 is 0 Å². The van der Waals surface area contributed by atoms with E-state index in [2.05, 4.69) is 25.3 Å². The predicted molar refractivity (Wildman–Crippen MR) is 120 cm³/mol. The lowest BCUT2D eigenvalue weighted by Gasteiger charge is -2.17. The molecule has 9 nitrogen and oxygen atoms in total. The Morgan fingerprint density at radius 2 is 1.81 bits per heavy atom. The van der Waals surface area contributed by atoms with Crippen molar-refractivity contribution in [2.75, 3.05) is 11.9 Å². The summed E-state index contributed by atoms with van der Waals surface area (Å²) in [5.41, 5.74) is 3.12. The molecular weight excluding hydrogens is 396 g/mol. The molecule has 2 aliphatic rings. The molecule has 1 aromatic heterocycles. The number of aromatic nitrogens is 5. The highest BCUT2D eigenvalue weighted by Gasteiger charge is 2.18. The van der Waals surface area contributed by atoms with Crippen molar-refractivity contribution in [1.82, 2.24) is 24.5 Å². The first kappa shape index (κ1) is 20.5. The van der Waals surface area contributed by atoms with Crippen LogP contribution in [-0.4, -0.2) is 31.0 Å². The maximum atomic E-state index is 12.3. The van der Waals surface area contributed by atoms with Gasteiger partial charge in [-0.2, -0.15) is 4.98 Å². The zero-order valence-electron chi connectivity index (χ0n) is 17.5. The highest BCUT2D eigenvalue weighted by atomic mass is 16.2. The largest absolute Gasteiger partial charge is 0.381 e. The molecule has 0 spiro atoms. The number of unbranched alkanes of at least 4 members (excludes halogenated alkanes) is 2. The number of pyridine rings is 1. The van der Waals surface area contributed by atoms with Crippen LogP contribution in [0.4, 0.5) is 5.69 Å². The summed E-state index contributed by atoms with van der Waals surface area (Å²) in [4.78, 5) is 49.2. The number of fused-ring (bicyclic) bond motifs is 2. The van der Waals surface area contributed by atoms with Gasteiger partial charge in [-0.1, -0.05) is 0 Å². The summed E-state index contributed by atoms with van der Waals surface area (Å²) in [6, 6.07) is 7.50. The van der Waals surface area contributed by atoms with E-state index in [1.807, 2.05) is 30.5 Å². The van der Waals surface area contributed by atoms with E-state index in [0.717, 1.165) is 35.9 Å². The van der Waals surface area contributed by atoms with Crippen molar-refractivity contribution in [2.24, 2.45) is 0 Å². The first-order chi connectivity index (χ1) is 14.9. The zero-order chi connectivity index (χ0) is 22.0. The Labute approximate surface area is 177 Å². The van der Waals surface area contributed by atoms with E-state index in [4.69, 9.17) is 0 Å². The van der Waals surface area contributed by atoms with Crippen LogP contribution in [0.3, 0.4) is 0 Å². The summed E-state index contributed by atoms with van der Waals surface area (Å²) in [7, 11) is 0. The van der Waals surface area contributed by atoms with Gasteiger partial charge in [0.1, 0.15) is 5.69 Å². The summed E-state index contributed by atoms with van der Waals surface area (Å²) in [6.45, 7) is 5.29. The van der Waals surface area contributed by atoms with Crippen LogP contribution in [-0.2, 0) is 6.54 Å². The van der Waals surface area contributed by atoms with Crippen LogP contribution in [0.2, 0.25) is 0 Å². The van der Waals surface area contributed by atoms with Crippen LogP contribution in [0.1, 0.15) is 30.4 Å². The fourth-order valence-corrected chi connectivity index (χ4v) is 3.63. The summed E-state index contributed by atoms with van der Waals surface area (Å²) in [6.07, 6.45) is 4.19. The number of nitrogens with zero attached hydrogens (tertiary/aromatic N) is 3. The van der Waals surface area contributed by atoms with Crippen LogP contribution in [0.15, 0.2) is 44.8 Å². The molecule has 31 heavy (non-hydrogen) atoms. The van der Waals surface area contributed by atoms with E-state index in [1.165, 1.54) is 0 Å². The Bertz CT molecular complexity index is 1380. The summed E-state index contributed by atoms with van der Waals surface area (Å²) >= 11 is 0. The Hall–Kier alpha value is -3.75. The molecule has 4 rings (SSSR count). The maximum Gasteiger partial charge on any atom is 0.349 e. The molecular formula is C22H24N6O3. The molecule has 0 saturated carbocycles. The monoisotopic (exact) mass is 420 g/mol. The van der Waals surface area contributed by atoms with Crippen LogP contribution in [0.25, 0.3) is 22.6 Å². The van der Waals surface area contributed by atoms with Crippen molar-refractivity contribution in [1.29, 1.82) is 0 Å². The Kier molecular flexibility index (Phi) is 5.66. The van der Waals surface area contributed by atoms with Gasteiger partial charge in [0.15, 0.2) is 11.5 Å². The topological polar surface area (TPSA) is 126 Å². The molecule has 0 atom stereocenters. The highest BCUT2D eigenvalue weighted by molar-refractivity contribution is 5.81. The molecule has 1 aromatic carbocycles. The lowest BCUT2D eigenvalue weighted by atomic mass is 10.1. The summed E-state index contributed by atoms with van der Waals surface area (Å²) < 4.78 is 1.91. The lowest BCUT2D eigenvalue weighted by molar-refractivity contribution is 0.601. The molecule has 0 unspecified atom stereocenters. The van der Waals surface area contributed by atoms with E-state index in [9.17, 15) is 14.4 Å². The molecule has 0 saturated heterocycles. The molecule has 160 valence electrons. The number of H-pyrrole nitrogens is 2. The molecule has 2 aliphatic heterocycles. The van der Waals surface area contributed by atoms with E-state index in [-0.39, 0.29) is 11.3 Å². The lowest BCUT2D eigenvalue weighted by Crippen LogP contribution is -2.29. The van der Waals surface area contributed by atoms with Crippen LogP contribution < -0.4 is 22.1 Å². The van der Waals surface area contributed by atoms with E-state index < -0.39 is 11.2 Å². The minimum atomic E-state index is -0.673. The van der Waals surface area contributed by atoms with Crippen molar-refractivity contribution in [2.45, 2.75) is 39.7 Å². The quantitative estimate of drug-likeness (QED) is 0.311. The first-order valence-corrected chi connectivity index (χ1v) is 10.3. The molecule has 0 radical (unpaired) electrons. The standard InChI is InChI=1S/C22H24N6O3/c1-13-11-16-17(12-14(13)2)28(19-18(25-16)21(30)27-22(31)26-19)10-5-3-4-8-23-15-7-6-9-24-20(15)29/h6-7,9,11-12,23H,3-5,8,10H2,1-2H3,(H,24,29)(H,27,30,31). The van der Waals surface area contributed by atoms with Gasteiger partial charge in [-0.15, -0.1) is 0 Å². The number of hydrogen-bond donors (Lipinski definition) is 3. The second-order valence-electron chi connectivity index (χ2n) is 7.63. The van der Waals surface area contributed by atoms with Gasteiger partial charge in [0.05, 0.1) is 11.0 Å². The van der Waals surface area contributed by atoms with E-state index in [0.29, 0.717) is 30.1 Å². The summed E-state index contributed by atoms with van der Waals surface area (Å²) in [5, 5.41) is 3.14. The van der Waals surface area contributed by atoms with Gasteiger partial charge < -0.3 is 14.9 Å². The van der Waals surface area contributed by atoms with Gasteiger partial charge in [0, 0.05) is 19.3 Å². The third-order valence-electron chi connectivity index (χ3n) is 5.42. The Morgan fingerprint density at radius 3 is 2.61 bits per heavy atom. The molecule has 0 fully saturated rings. The van der Waals surface area contributed by atoms with Crippen molar-refractivity contribution in [3.8, 4) is 11.5 Å². The molecule has 0 amide bonds. The average molecular weight is 420 g/mol. The van der Waals surface area contributed by atoms with Gasteiger partial charge in [-0.3, -0.25) is 14.6 Å². The minimum absolute atomic E-state index is 0.136. The average Bonchev–Trinajstić information content (AvgIpc) is 2.73. The smallest absolute Gasteiger partial charge is 0.349 e. The molecule has 0 bridgehead atoms. The SMILES string of the molecule is Cc1cc2nc3c(=O)[nH]c(=O)nc-3n(CCCCCNc3ccc[nH]c3=O)c2cc1C. The van der Waals surface area contributed by atoms with Crippen molar-refractivity contribution in [3.63, 3.8) is 0 Å². The van der Waals surface area contributed by atoms with Gasteiger partial charge >= 0.3 is 5.69 Å². The number of benzene rings is 1. The van der Waals surface area contributed by atoms with Gasteiger partial charge in [0.2, 0.25) is 0 Å². The molecule has 0 aliphatic carbocycles. The van der Waals surface area contributed by atoms with E-state index in [1.54, 1.807) is 18.3 Å². The van der Waals surface area contributed by atoms with Gasteiger partial charge in [-0.05, 0) is 68.5 Å². The fraction of sp³-hybridized carbons (Fsp3) is 0.318. The number of rotatable bonds is 7. The second-order valence-corrected chi connectivity index (χ2v) is 7.63. The molecule has 3 N–H and O–H groups in total. The Morgan fingerprint density at radius 1 is 1.00 bits per heavy atom. The number of hydrogen-bond acceptors (Lipinski definition) is 6. The second kappa shape index (κ2) is 8.55. The number of anilines is 1.